The van der Waals surface area contributed by atoms with E-state index in [-0.39, 0.29) is 28.8 Å². The van der Waals surface area contributed by atoms with E-state index in [1.807, 2.05) is 0 Å². The van der Waals surface area contributed by atoms with E-state index in [0.717, 1.165) is 58.2 Å². The summed E-state index contributed by atoms with van der Waals surface area (Å²) in [6.45, 7) is 4.65. The number of rotatable bonds is 4. The molecule has 2 heterocycles. The van der Waals surface area contributed by atoms with E-state index in [4.69, 9.17) is 4.74 Å². The summed E-state index contributed by atoms with van der Waals surface area (Å²) in [7, 11) is 0. The maximum absolute atomic E-state index is 12.9. The van der Waals surface area contributed by atoms with Gasteiger partial charge in [0.2, 0.25) is 0 Å². The second-order valence-corrected chi connectivity index (χ2v) is 9.77. The molecule has 2 aliphatic heterocycles. The Bertz CT molecular complexity index is 1060. The quantitative estimate of drug-likeness (QED) is 0.409. The van der Waals surface area contributed by atoms with Gasteiger partial charge in [0.05, 0.1) is 10.5 Å². The van der Waals surface area contributed by atoms with Gasteiger partial charge in [-0.15, -0.1) is 0 Å². The topological polar surface area (TPSA) is 84.7 Å². The largest absolute Gasteiger partial charge is 0.457 e. The molecule has 33 heavy (non-hydrogen) atoms. The number of benzene rings is 2. The molecule has 1 spiro atoms. The van der Waals surface area contributed by atoms with Crippen LogP contribution in [0, 0.1) is 17.0 Å². The molecule has 0 radical (unpaired) electrons. The van der Waals surface area contributed by atoms with Gasteiger partial charge < -0.3 is 10.1 Å². The predicted octanol–water partition coefficient (Wildman–Crippen LogP) is 4.83. The molecule has 2 aromatic rings. The number of nitrogens with zero attached hydrogens (tertiary/aromatic N) is 2. The zero-order chi connectivity index (χ0) is 23.0. The summed E-state index contributed by atoms with van der Waals surface area (Å²) >= 11 is 0. The number of esters is 1. The fourth-order valence-corrected chi connectivity index (χ4v) is 5.96. The van der Waals surface area contributed by atoms with Crippen LogP contribution < -0.4 is 5.32 Å². The van der Waals surface area contributed by atoms with E-state index in [0.29, 0.717) is 5.56 Å². The standard InChI is InChI=1S/C26H31N3O4/c1-18-10-11-19(16-23(18)29(31)32)25(30)33-24-9-5-4-8-22(24)28-14-12-26(13-15-28)17-27-21-7-3-2-6-20(21)26/h2-3,6-7,10-11,16,22,24,27H,4-5,8-9,12-15,17H2,1H3/t22-,24+/m1/s1. The van der Waals surface area contributed by atoms with Gasteiger partial charge >= 0.3 is 5.97 Å². The molecule has 1 saturated heterocycles. The summed E-state index contributed by atoms with van der Waals surface area (Å²) in [5.41, 5.74) is 3.66. The van der Waals surface area contributed by atoms with Crippen LogP contribution in [0.25, 0.3) is 0 Å². The highest BCUT2D eigenvalue weighted by Crippen LogP contribution is 2.44. The average molecular weight is 450 g/mol. The lowest BCUT2D eigenvalue weighted by molar-refractivity contribution is -0.385. The SMILES string of the molecule is Cc1ccc(C(=O)O[C@H]2CCCC[C@H]2N2CCC3(CC2)CNc2ccccc23)cc1[N+](=O)[O-]. The van der Waals surface area contributed by atoms with Crippen LogP contribution in [0.5, 0.6) is 0 Å². The number of piperidine rings is 1. The maximum atomic E-state index is 12.9. The molecule has 0 unspecified atom stereocenters. The van der Waals surface area contributed by atoms with Crippen LogP contribution in [-0.4, -0.2) is 47.6 Å². The van der Waals surface area contributed by atoms with Crippen molar-refractivity contribution < 1.29 is 14.5 Å². The molecule has 1 N–H and O–H groups in total. The molecule has 0 aromatic heterocycles. The Labute approximate surface area is 194 Å². The van der Waals surface area contributed by atoms with Gasteiger partial charge in [0.15, 0.2) is 0 Å². The number of anilines is 1. The number of hydrogen-bond acceptors (Lipinski definition) is 6. The highest BCUT2D eigenvalue weighted by Gasteiger charge is 2.44. The summed E-state index contributed by atoms with van der Waals surface area (Å²) in [6.07, 6.45) is 6.06. The van der Waals surface area contributed by atoms with Crippen molar-refractivity contribution in [2.24, 2.45) is 0 Å². The number of ether oxygens (including phenoxy) is 1. The zero-order valence-corrected chi connectivity index (χ0v) is 19.1. The van der Waals surface area contributed by atoms with Crippen LogP contribution in [0.3, 0.4) is 0 Å². The average Bonchev–Trinajstić information content (AvgIpc) is 3.18. The fraction of sp³-hybridized carbons (Fsp3) is 0.500. The van der Waals surface area contributed by atoms with Crippen molar-refractivity contribution in [2.75, 3.05) is 25.0 Å². The van der Waals surface area contributed by atoms with E-state index < -0.39 is 10.9 Å². The Morgan fingerprint density at radius 1 is 1.15 bits per heavy atom. The Kier molecular flexibility index (Phi) is 5.83. The summed E-state index contributed by atoms with van der Waals surface area (Å²) in [5.74, 6) is -0.461. The third kappa shape index (κ3) is 4.10. The van der Waals surface area contributed by atoms with Crippen molar-refractivity contribution in [2.45, 2.75) is 63.0 Å². The van der Waals surface area contributed by atoms with Crippen LogP contribution in [0.2, 0.25) is 0 Å². The highest BCUT2D eigenvalue weighted by molar-refractivity contribution is 5.90. The monoisotopic (exact) mass is 449 g/mol. The Morgan fingerprint density at radius 3 is 2.70 bits per heavy atom. The first-order chi connectivity index (χ1) is 16.0. The Balaban J connectivity index is 1.27. The number of hydrogen-bond donors (Lipinski definition) is 1. The number of nitrogens with one attached hydrogen (secondary N) is 1. The van der Waals surface area contributed by atoms with Crippen molar-refractivity contribution in [3.05, 3.63) is 69.3 Å². The number of aryl methyl sites for hydroxylation is 1. The van der Waals surface area contributed by atoms with E-state index in [9.17, 15) is 14.9 Å². The number of likely N-dealkylation sites (tertiary alicyclic amines) is 1. The summed E-state index contributed by atoms with van der Waals surface area (Å²) in [4.78, 5) is 26.2. The predicted molar refractivity (Wildman–Crippen MR) is 127 cm³/mol. The number of nitro benzene ring substituents is 1. The van der Waals surface area contributed by atoms with E-state index in [1.54, 1.807) is 19.1 Å². The smallest absolute Gasteiger partial charge is 0.338 e. The first-order valence-electron chi connectivity index (χ1n) is 12.0. The maximum Gasteiger partial charge on any atom is 0.338 e. The number of carbonyl (C=O) groups is 1. The van der Waals surface area contributed by atoms with Gasteiger partial charge in [-0.2, -0.15) is 0 Å². The lowest BCUT2D eigenvalue weighted by Gasteiger charge is -2.46. The molecular formula is C26H31N3O4. The zero-order valence-electron chi connectivity index (χ0n) is 19.1. The van der Waals surface area contributed by atoms with Gasteiger partial charge in [0.1, 0.15) is 6.10 Å². The lowest BCUT2D eigenvalue weighted by Crippen LogP contribution is -2.53. The Morgan fingerprint density at radius 2 is 1.91 bits per heavy atom. The number of para-hydroxylation sites is 1. The van der Waals surface area contributed by atoms with Crippen LogP contribution in [0.15, 0.2) is 42.5 Å². The molecule has 2 fully saturated rings. The summed E-state index contributed by atoms with van der Waals surface area (Å²) in [5, 5.41) is 14.9. The third-order valence-corrected chi connectivity index (χ3v) is 7.91. The van der Waals surface area contributed by atoms with Gasteiger partial charge in [-0.25, -0.2) is 4.79 Å². The fourth-order valence-electron chi connectivity index (χ4n) is 5.96. The van der Waals surface area contributed by atoms with Crippen molar-refractivity contribution in [1.29, 1.82) is 0 Å². The van der Waals surface area contributed by atoms with Gasteiger partial charge in [-0.05, 0) is 69.8 Å². The molecule has 1 saturated carbocycles. The third-order valence-electron chi connectivity index (χ3n) is 7.91. The molecule has 2 aromatic carbocycles. The van der Waals surface area contributed by atoms with E-state index in [1.165, 1.54) is 17.3 Å². The number of nitro groups is 1. The summed E-state index contributed by atoms with van der Waals surface area (Å²) in [6, 6.07) is 13.4. The normalized spacial score (nSPS) is 24.2. The van der Waals surface area contributed by atoms with Crippen LogP contribution in [-0.2, 0) is 10.2 Å². The molecule has 7 nitrogen and oxygen atoms in total. The first-order valence-corrected chi connectivity index (χ1v) is 12.0. The lowest BCUT2D eigenvalue weighted by atomic mass is 9.73. The van der Waals surface area contributed by atoms with Crippen molar-refractivity contribution in [1.82, 2.24) is 4.90 Å². The van der Waals surface area contributed by atoms with Crippen LogP contribution in [0.4, 0.5) is 11.4 Å². The minimum atomic E-state index is -0.461. The molecule has 3 aliphatic rings. The minimum absolute atomic E-state index is 0.0450. The minimum Gasteiger partial charge on any atom is -0.457 e. The van der Waals surface area contributed by atoms with Gasteiger partial charge in [0.25, 0.3) is 5.69 Å². The molecule has 174 valence electrons. The van der Waals surface area contributed by atoms with Gasteiger partial charge in [0, 0.05) is 35.3 Å². The summed E-state index contributed by atoms with van der Waals surface area (Å²) < 4.78 is 5.98. The number of carbonyl (C=O) groups excluding carboxylic acids is 1. The molecule has 2 atom stereocenters. The van der Waals surface area contributed by atoms with Crippen molar-refractivity contribution in [3.8, 4) is 0 Å². The molecule has 0 amide bonds. The van der Waals surface area contributed by atoms with Crippen molar-refractivity contribution in [3.63, 3.8) is 0 Å². The van der Waals surface area contributed by atoms with E-state index >= 15 is 0 Å². The van der Waals surface area contributed by atoms with Crippen LogP contribution >= 0.6 is 0 Å². The second-order valence-electron chi connectivity index (χ2n) is 9.77. The molecule has 1 aliphatic carbocycles. The van der Waals surface area contributed by atoms with E-state index in [2.05, 4.69) is 34.5 Å². The van der Waals surface area contributed by atoms with Crippen LogP contribution in [0.1, 0.15) is 60.0 Å². The molecule has 0 bridgehead atoms. The number of fused-ring (bicyclic) bond motifs is 2. The Hall–Kier alpha value is -2.93. The molecule has 7 heteroatoms. The highest BCUT2D eigenvalue weighted by atomic mass is 16.6. The first kappa shape index (κ1) is 21.9. The van der Waals surface area contributed by atoms with Gasteiger partial charge in [-0.1, -0.05) is 30.7 Å². The molecular weight excluding hydrogens is 418 g/mol. The second kappa shape index (κ2) is 8.78. The van der Waals surface area contributed by atoms with Gasteiger partial charge in [-0.3, -0.25) is 15.0 Å². The molecule has 5 rings (SSSR count). The van der Waals surface area contributed by atoms with Crippen molar-refractivity contribution >= 4 is 17.3 Å².